The fourth-order valence-corrected chi connectivity index (χ4v) is 4.27. The van der Waals surface area contributed by atoms with Crippen molar-refractivity contribution in [3.63, 3.8) is 0 Å². The summed E-state index contributed by atoms with van der Waals surface area (Å²) >= 11 is 0. The number of hydrazine groups is 1. The van der Waals surface area contributed by atoms with Gasteiger partial charge in [-0.15, -0.1) is 0 Å². The summed E-state index contributed by atoms with van der Waals surface area (Å²) < 4.78 is 7.87. The van der Waals surface area contributed by atoms with E-state index in [0.717, 1.165) is 71.7 Å². The topological polar surface area (TPSA) is 98.5 Å². The lowest BCUT2D eigenvalue weighted by atomic mass is 10.0. The van der Waals surface area contributed by atoms with Crippen molar-refractivity contribution < 1.29 is 4.74 Å². The number of aromatic nitrogens is 3. The zero-order valence-electron chi connectivity index (χ0n) is 18.2. The number of hydrogen-bond acceptors (Lipinski definition) is 7. The van der Waals surface area contributed by atoms with Crippen LogP contribution in [-0.4, -0.2) is 53.9 Å². The molecular weight excluding hydrogens is 378 g/mol. The van der Waals surface area contributed by atoms with Gasteiger partial charge in [-0.2, -0.15) is 0 Å². The van der Waals surface area contributed by atoms with Gasteiger partial charge in [0.05, 0.1) is 16.7 Å². The Hall–Kier alpha value is -2.84. The lowest BCUT2D eigenvalue weighted by molar-refractivity contribution is 0.0619. The molecular formula is C22H31N7O. The first-order valence-corrected chi connectivity index (χ1v) is 10.4. The second-order valence-corrected chi connectivity index (χ2v) is 8.34. The maximum absolute atomic E-state index is 6.12. The first-order valence-electron chi connectivity index (χ1n) is 10.4. The standard InChI is InChI=1S/C22H31N7O/c1-14(23)21(28(4)24)16-11-18-20(25-12-16)17-5-6-19(27(2)3)26-22(17)29(18)13-15-7-9-30-10-8-15/h5-6,11-12,15H,7-10,13,23-24H2,1-4H3/b21-14-. The van der Waals surface area contributed by atoms with E-state index >= 15 is 0 Å². The number of anilines is 1. The van der Waals surface area contributed by atoms with E-state index in [1.807, 2.05) is 38.2 Å². The number of rotatable bonds is 5. The molecule has 1 fully saturated rings. The van der Waals surface area contributed by atoms with Gasteiger partial charge in [0, 0.05) is 63.7 Å². The van der Waals surface area contributed by atoms with Crippen LogP contribution in [0.2, 0.25) is 0 Å². The molecule has 30 heavy (non-hydrogen) atoms. The molecule has 0 saturated carbocycles. The van der Waals surface area contributed by atoms with Crippen molar-refractivity contribution in [3.05, 3.63) is 35.7 Å². The van der Waals surface area contributed by atoms with Crippen molar-refractivity contribution in [2.45, 2.75) is 26.3 Å². The van der Waals surface area contributed by atoms with Crippen molar-refractivity contribution in [2.24, 2.45) is 17.5 Å². The molecule has 4 N–H and O–H groups in total. The zero-order chi connectivity index (χ0) is 21.4. The molecule has 1 saturated heterocycles. The summed E-state index contributed by atoms with van der Waals surface area (Å²) in [6.45, 7) is 4.38. The number of pyridine rings is 2. The average Bonchev–Trinajstić information content (AvgIpc) is 3.01. The van der Waals surface area contributed by atoms with Crippen LogP contribution >= 0.6 is 0 Å². The molecule has 3 aromatic rings. The van der Waals surface area contributed by atoms with Gasteiger partial charge in [0.25, 0.3) is 0 Å². The minimum Gasteiger partial charge on any atom is -0.401 e. The van der Waals surface area contributed by atoms with Crippen LogP contribution in [0.1, 0.15) is 25.3 Å². The maximum atomic E-state index is 6.12. The highest BCUT2D eigenvalue weighted by atomic mass is 16.5. The Morgan fingerprint density at radius 1 is 1.23 bits per heavy atom. The fraction of sp³-hybridized carbons (Fsp3) is 0.455. The average molecular weight is 410 g/mol. The number of nitrogens with zero attached hydrogens (tertiary/aromatic N) is 5. The quantitative estimate of drug-likeness (QED) is 0.493. The van der Waals surface area contributed by atoms with E-state index in [-0.39, 0.29) is 0 Å². The Bertz CT molecular complexity index is 1090. The lowest BCUT2D eigenvalue weighted by Crippen LogP contribution is -2.26. The van der Waals surface area contributed by atoms with Gasteiger partial charge in [0.15, 0.2) is 0 Å². The maximum Gasteiger partial charge on any atom is 0.145 e. The van der Waals surface area contributed by atoms with Gasteiger partial charge in [-0.05, 0) is 43.9 Å². The molecule has 160 valence electrons. The van der Waals surface area contributed by atoms with Crippen molar-refractivity contribution in [1.82, 2.24) is 19.5 Å². The van der Waals surface area contributed by atoms with Crippen molar-refractivity contribution in [3.8, 4) is 0 Å². The van der Waals surface area contributed by atoms with Gasteiger partial charge >= 0.3 is 0 Å². The molecule has 0 radical (unpaired) electrons. The molecule has 1 aliphatic rings. The van der Waals surface area contributed by atoms with E-state index in [9.17, 15) is 0 Å². The molecule has 8 nitrogen and oxygen atoms in total. The molecule has 0 bridgehead atoms. The summed E-state index contributed by atoms with van der Waals surface area (Å²) in [6.07, 6.45) is 3.95. The number of allylic oxidation sites excluding steroid dienone is 1. The molecule has 8 heteroatoms. The third-order valence-electron chi connectivity index (χ3n) is 5.77. The highest BCUT2D eigenvalue weighted by molar-refractivity contribution is 6.05. The van der Waals surface area contributed by atoms with Crippen LogP contribution in [0.5, 0.6) is 0 Å². The van der Waals surface area contributed by atoms with E-state index in [0.29, 0.717) is 11.6 Å². The zero-order valence-corrected chi connectivity index (χ0v) is 18.2. The summed E-state index contributed by atoms with van der Waals surface area (Å²) in [5, 5.41) is 2.61. The summed E-state index contributed by atoms with van der Waals surface area (Å²) in [6, 6.07) is 6.29. The normalized spacial score (nSPS) is 16.2. The van der Waals surface area contributed by atoms with Crippen LogP contribution in [0.15, 0.2) is 30.1 Å². The molecule has 0 unspecified atom stereocenters. The SMILES string of the molecule is C/C(N)=C(\c1cnc2c3ccc(N(C)C)nc3n(CC3CCOCC3)c2c1)N(C)N. The van der Waals surface area contributed by atoms with E-state index in [4.69, 9.17) is 26.3 Å². The van der Waals surface area contributed by atoms with E-state index in [2.05, 4.69) is 16.7 Å². The first-order chi connectivity index (χ1) is 14.4. The second kappa shape index (κ2) is 8.12. The Morgan fingerprint density at radius 3 is 2.60 bits per heavy atom. The van der Waals surface area contributed by atoms with Crippen molar-refractivity contribution in [1.29, 1.82) is 0 Å². The van der Waals surface area contributed by atoms with Crippen LogP contribution in [0, 0.1) is 5.92 Å². The third-order valence-corrected chi connectivity index (χ3v) is 5.77. The van der Waals surface area contributed by atoms with Gasteiger partial charge in [-0.25, -0.2) is 10.8 Å². The molecule has 0 amide bonds. The summed E-state index contributed by atoms with van der Waals surface area (Å²) in [4.78, 5) is 11.8. The lowest BCUT2D eigenvalue weighted by Gasteiger charge is -2.23. The Morgan fingerprint density at radius 2 is 1.97 bits per heavy atom. The third kappa shape index (κ3) is 3.68. The van der Waals surface area contributed by atoms with Crippen LogP contribution < -0.4 is 16.5 Å². The second-order valence-electron chi connectivity index (χ2n) is 8.34. The largest absolute Gasteiger partial charge is 0.401 e. The summed E-state index contributed by atoms with van der Waals surface area (Å²) in [5.41, 5.74) is 11.4. The first kappa shape index (κ1) is 20.4. The van der Waals surface area contributed by atoms with E-state index in [1.165, 1.54) is 0 Å². The number of nitrogens with two attached hydrogens (primary N) is 2. The van der Waals surface area contributed by atoms with Gasteiger partial charge < -0.3 is 24.9 Å². The van der Waals surface area contributed by atoms with Crippen LogP contribution in [0.25, 0.3) is 27.8 Å². The molecule has 1 aliphatic heterocycles. The smallest absolute Gasteiger partial charge is 0.145 e. The Kier molecular flexibility index (Phi) is 5.53. The monoisotopic (exact) mass is 409 g/mol. The molecule has 4 heterocycles. The molecule has 0 spiro atoms. The van der Waals surface area contributed by atoms with Gasteiger partial charge in [-0.1, -0.05) is 0 Å². The molecule has 3 aromatic heterocycles. The number of ether oxygens (including phenoxy) is 1. The molecule has 0 atom stereocenters. The van der Waals surface area contributed by atoms with Crippen LogP contribution in [0.4, 0.5) is 5.82 Å². The van der Waals surface area contributed by atoms with Gasteiger partial charge in [-0.3, -0.25) is 4.98 Å². The van der Waals surface area contributed by atoms with E-state index in [1.54, 1.807) is 12.1 Å². The Balaban J connectivity index is 1.94. The summed E-state index contributed by atoms with van der Waals surface area (Å²) in [5.74, 6) is 7.54. The number of fused-ring (bicyclic) bond motifs is 3. The molecule has 4 rings (SSSR count). The minimum atomic E-state index is 0.550. The number of hydrogen-bond donors (Lipinski definition) is 2. The molecule has 0 aromatic carbocycles. The van der Waals surface area contributed by atoms with Gasteiger partial charge in [0.2, 0.25) is 0 Å². The summed E-state index contributed by atoms with van der Waals surface area (Å²) in [7, 11) is 5.81. The fourth-order valence-electron chi connectivity index (χ4n) is 4.27. The highest BCUT2D eigenvalue weighted by Gasteiger charge is 2.21. The van der Waals surface area contributed by atoms with Crippen molar-refractivity contribution in [2.75, 3.05) is 39.3 Å². The molecule has 0 aliphatic carbocycles. The van der Waals surface area contributed by atoms with Crippen LogP contribution in [-0.2, 0) is 11.3 Å². The minimum absolute atomic E-state index is 0.550. The predicted molar refractivity (Wildman–Crippen MR) is 122 cm³/mol. The van der Waals surface area contributed by atoms with E-state index < -0.39 is 0 Å². The highest BCUT2D eigenvalue weighted by Crippen LogP contribution is 2.32. The van der Waals surface area contributed by atoms with Crippen molar-refractivity contribution >= 4 is 33.6 Å². The predicted octanol–water partition coefficient (Wildman–Crippen LogP) is 2.53. The Labute approximate surface area is 177 Å². The van der Waals surface area contributed by atoms with Crippen LogP contribution in [0.3, 0.4) is 0 Å². The van der Waals surface area contributed by atoms with Gasteiger partial charge in [0.1, 0.15) is 11.5 Å².